The highest BCUT2D eigenvalue weighted by atomic mass is 32.1. The number of nitrogens with zero attached hydrogens (tertiary/aromatic N) is 2. The van der Waals surface area contributed by atoms with E-state index in [1.807, 2.05) is 48.0 Å². The average molecular weight is 284 g/mol. The molecule has 2 heterocycles. The van der Waals surface area contributed by atoms with Crippen molar-refractivity contribution in [1.82, 2.24) is 9.78 Å². The van der Waals surface area contributed by atoms with Crippen LogP contribution in [0.3, 0.4) is 0 Å². The second kappa shape index (κ2) is 4.94. The Morgan fingerprint density at radius 3 is 2.75 bits per heavy atom. The van der Waals surface area contributed by atoms with Crippen molar-refractivity contribution in [2.24, 2.45) is 0 Å². The molecule has 0 spiro atoms. The highest BCUT2D eigenvalue weighted by Crippen LogP contribution is 2.26. The quantitative estimate of drug-likeness (QED) is 0.799. The van der Waals surface area contributed by atoms with Gasteiger partial charge in [-0.1, -0.05) is 18.2 Å². The summed E-state index contributed by atoms with van der Waals surface area (Å²) >= 11 is 1.52. The molecule has 100 valence electrons. The minimum Gasteiger partial charge on any atom is -0.478 e. The molecular formula is C15H12N2O2S. The smallest absolute Gasteiger partial charge is 0.339 e. The summed E-state index contributed by atoms with van der Waals surface area (Å²) in [4.78, 5) is 11.4. The fourth-order valence-electron chi connectivity index (χ4n) is 2.09. The number of aromatic nitrogens is 2. The van der Waals surface area contributed by atoms with Crippen molar-refractivity contribution in [1.29, 1.82) is 0 Å². The van der Waals surface area contributed by atoms with Gasteiger partial charge >= 0.3 is 5.97 Å². The second-order valence-corrected chi connectivity index (χ2v) is 5.22. The van der Waals surface area contributed by atoms with E-state index in [0.717, 1.165) is 16.8 Å². The van der Waals surface area contributed by atoms with Gasteiger partial charge in [0, 0.05) is 17.1 Å². The number of benzene rings is 1. The SMILES string of the molecule is Cc1ccccc1-n1cc(C(=O)O)c(-c2ccsc2)n1. The van der Waals surface area contributed by atoms with Crippen LogP contribution in [0.5, 0.6) is 0 Å². The first-order chi connectivity index (χ1) is 9.66. The molecule has 1 aromatic carbocycles. The highest BCUT2D eigenvalue weighted by Gasteiger charge is 2.18. The van der Waals surface area contributed by atoms with Gasteiger partial charge in [-0.2, -0.15) is 16.4 Å². The molecule has 20 heavy (non-hydrogen) atoms. The lowest BCUT2D eigenvalue weighted by Gasteiger charge is -2.04. The second-order valence-electron chi connectivity index (χ2n) is 4.44. The third-order valence-electron chi connectivity index (χ3n) is 3.10. The summed E-state index contributed by atoms with van der Waals surface area (Å²) in [6, 6.07) is 9.63. The first-order valence-corrected chi connectivity index (χ1v) is 7.02. The zero-order valence-corrected chi connectivity index (χ0v) is 11.6. The molecule has 2 aromatic heterocycles. The van der Waals surface area contributed by atoms with E-state index in [4.69, 9.17) is 0 Å². The molecule has 0 aliphatic carbocycles. The van der Waals surface area contributed by atoms with Crippen molar-refractivity contribution in [2.45, 2.75) is 6.92 Å². The fourth-order valence-corrected chi connectivity index (χ4v) is 2.73. The molecule has 0 atom stereocenters. The van der Waals surface area contributed by atoms with Gasteiger partial charge in [-0.3, -0.25) is 0 Å². The molecule has 3 rings (SSSR count). The first-order valence-electron chi connectivity index (χ1n) is 6.08. The Hall–Kier alpha value is -2.40. The molecule has 0 fully saturated rings. The number of thiophene rings is 1. The van der Waals surface area contributed by atoms with Gasteiger partial charge in [0.15, 0.2) is 0 Å². The highest BCUT2D eigenvalue weighted by molar-refractivity contribution is 7.08. The molecule has 0 saturated carbocycles. The van der Waals surface area contributed by atoms with Crippen LogP contribution in [0, 0.1) is 6.92 Å². The molecule has 1 N–H and O–H groups in total. The van der Waals surface area contributed by atoms with Gasteiger partial charge in [0.25, 0.3) is 0 Å². The number of carboxylic acids is 1. The van der Waals surface area contributed by atoms with E-state index in [1.54, 1.807) is 10.9 Å². The maximum absolute atomic E-state index is 11.4. The predicted octanol–water partition coefficient (Wildman–Crippen LogP) is 3.61. The molecule has 0 bridgehead atoms. The van der Waals surface area contributed by atoms with Crippen LogP contribution in [0.25, 0.3) is 16.9 Å². The molecule has 5 heteroatoms. The van der Waals surface area contributed by atoms with Crippen molar-refractivity contribution >= 4 is 17.3 Å². The Morgan fingerprint density at radius 2 is 2.10 bits per heavy atom. The Bertz CT molecular complexity index is 760. The van der Waals surface area contributed by atoms with Crippen LogP contribution in [0.15, 0.2) is 47.3 Å². The van der Waals surface area contributed by atoms with Crippen molar-refractivity contribution in [2.75, 3.05) is 0 Å². The largest absolute Gasteiger partial charge is 0.478 e. The van der Waals surface area contributed by atoms with Crippen molar-refractivity contribution < 1.29 is 9.90 Å². The summed E-state index contributed by atoms with van der Waals surface area (Å²) in [5.74, 6) is -0.967. The van der Waals surface area contributed by atoms with Crippen molar-refractivity contribution in [3.05, 3.63) is 58.4 Å². The number of hydrogen-bond donors (Lipinski definition) is 1. The number of aryl methyl sites for hydroxylation is 1. The normalized spacial score (nSPS) is 10.7. The topological polar surface area (TPSA) is 55.1 Å². The van der Waals surface area contributed by atoms with E-state index >= 15 is 0 Å². The van der Waals surface area contributed by atoms with Crippen LogP contribution >= 0.6 is 11.3 Å². The van der Waals surface area contributed by atoms with E-state index in [9.17, 15) is 9.90 Å². The molecule has 0 saturated heterocycles. The van der Waals surface area contributed by atoms with Crippen LogP contribution in [-0.2, 0) is 0 Å². The van der Waals surface area contributed by atoms with Gasteiger partial charge in [-0.05, 0) is 30.0 Å². The van der Waals surface area contributed by atoms with E-state index in [1.165, 1.54) is 11.3 Å². The standard InChI is InChI=1S/C15H12N2O2S/c1-10-4-2-3-5-13(10)17-8-12(15(18)19)14(16-17)11-6-7-20-9-11/h2-9H,1H3,(H,18,19). The summed E-state index contributed by atoms with van der Waals surface area (Å²) in [7, 11) is 0. The maximum Gasteiger partial charge on any atom is 0.339 e. The van der Waals surface area contributed by atoms with E-state index in [2.05, 4.69) is 5.10 Å². The van der Waals surface area contributed by atoms with Crippen molar-refractivity contribution in [3.63, 3.8) is 0 Å². The number of carbonyl (C=O) groups is 1. The Morgan fingerprint density at radius 1 is 1.30 bits per heavy atom. The van der Waals surface area contributed by atoms with E-state index in [-0.39, 0.29) is 5.56 Å². The van der Waals surface area contributed by atoms with Gasteiger partial charge in [-0.15, -0.1) is 0 Å². The number of carboxylic acid groups (broad SMARTS) is 1. The summed E-state index contributed by atoms with van der Waals surface area (Å²) in [6.07, 6.45) is 1.57. The number of para-hydroxylation sites is 1. The predicted molar refractivity (Wildman–Crippen MR) is 78.6 cm³/mol. The van der Waals surface area contributed by atoms with Crippen LogP contribution in [-0.4, -0.2) is 20.9 Å². The number of hydrogen-bond acceptors (Lipinski definition) is 3. The van der Waals surface area contributed by atoms with Gasteiger partial charge in [0.2, 0.25) is 0 Å². The zero-order chi connectivity index (χ0) is 14.1. The van der Waals surface area contributed by atoms with Crippen molar-refractivity contribution in [3.8, 4) is 16.9 Å². The molecule has 0 amide bonds. The van der Waals surface area contributed by atoms with Gasteiger partial charge < -0.3 is 5.11 Å². The number of aromatic carboxylic acids is 1. The third kappa shape index (κ3) is 2.12. The van der Waals surface area contributed by atoms with Gasteiger partial charge in [0.05, 0.1) is 5.69 Å². The van der Waals surface area contributed by atoms with E-state index < -0.39 is 5.97 Å². The molecule has 4 nitrogen and oxygen atoms in total. The summed E-state index contributed by atoms with van der Waals surface area (Å²) in [5.41, 5.74) is 3.48. The fraction of sp³-hybridized carbons (Fsp3) is 0.0667. The lowest BCUT2D eigenvalue weighted by Crippen LogP contribution is -1.97. The molecule has 0 unspecified atom stereocenters. The maximum atomic E-state index is 11.4. The van der Waals surface area contributed by atoms with E-state index in [0.29, 0.717) is 5.69 Å². The Labute approximate surface area is 119 Å². The monoisotopic (exact) mass is 284 g/mol. The molecule has 0 aliphatic rings. The number of rotatable bonds is 3. The molecule has 0 radical (unpaired) electrons. The van der Waals surface area contributed by atoms with Gasteiger partial charge in [0.1, 0.15) is 11.3 Å². The Balaban J connectivity index is 2.18. The molecule has 3 aromatic rings. The average Bonchev–Trinajstić information content (AvgIpc) is 3.08. The lowest BCUT2D eigenvalue weighted by molar-refractivity contribution is 0.0697. The summed E-state index contributed by atoms with van der Waals surface area (Å²) < 4.78 is 1.63. The van der Waals surface area contributed by atoms with Crippen LogP contribution in [0.1, 0.15) is 15.9 Å². The van der Waals surface area contributed by atoms with Gasteiger partial charge in [-0.25, -0.2) is 9.48 Å². The summed E-state index contributed by atoms with van der Waals surface area (Å²) in [5, 5.41) is 17.6. The first kappa shape index (κ1) is 12.6. The Kier molecular flexibility index (Phi) is 3.12. The molecule has 0 aliphatic heterocycles. The third-order valence-corrected chi connectivity index (χ3v) is 3.78. The van der Waals surface area contributed by atoms with Crippen LogP contribution in [0.4, 0.5) is 0 Å². The van der Waals surface area contributed by atoms with Crippen LogP contribution in [0.2, 0.25) is 0 Å². The molecular weight excluding hydrogens is 272 g/mol. The lowest BCUT2D eigenvalue weighted by atomic mass is 10.1. The van der Waals surface area contributed by atoms with Crippen LogP contribution < -0.4 is 0 Å². The zero-order valence-electron chi connectivity index (χ0n) is 10.8. The summed E-state index contributed by atoms with van der Waals surface area (Å²) in [6.45, 7) is 1.97. The minimum atomic E-state index is -0.967. The minimum absolute atomic E-state index is 0.214.